The first-order chi connectivity index (χ1) is 7.04. The summed E-state index contributed by atoms with van der Waals surface area (Å²) >= 11 is 0. The fourth-order valence-corrected chi connectivity index (χ4v) is 1.12. The van der Waals surface area contributed by atoms with Crippen LogP contribution in [0.2, 0.25) is 0 Å². The summed E-state index contributed by atoms with van der Waals surface area (Å²) in [4.78, 5) is 17.4. The first-order valence-corrected chi connectivity index (χ1v) is 4.76. The van der Waals surface area contributed by atoms with Crippen LogP contribution in [-0.4, -0.2) is 46.3 Å². The van der Waals surface area contributed by atoms with Crippen molar-refractivity contribution in [2.75, 3.05) is 20.7 Å². The van der Waals surface area contributed by atoms with E-state index in [9.17, 15) is 4.79 Å². The zero-order chi connectivity index (χ0) is 11.4. The molecule has 0 unspecified atom stereocenters. The number of hydrogen-bond acceptors (Lipinski definition) is 5. The van der Waals surface area contributed by atoms with Gasteiger partial charge in [-0.3, -0.25) is 4.68 Å². The highest BCUT2D eigenvalue weighted by Gasteiger charge is 2.15. The molecular formula is C9H16N4O2. The number of carbonyl (C=O) groups excluding carboxylic acids is 1. The molecule has 0 aliphatic heterocycles. The van der Waals surface area contributed by atoms with Crippen LogP contribution < -0.4 is 0 Å². The van der Waals surface area contributed by atoms with Gasteiger partial charge in [-0.05, 0) is 21.0 Å². The Morgan fingerprint density at radius 3 is 2.73 bits per heavy atom. The van der Waals surface area contributed by atoms with Crippen LogP contribution in [0.3, 0.4) is 0 Å². The van der Waals surface area contributed by atoms with Crippen molar-refractivity contribution < 1.29 is 9.53 Å². The molecule has 15 heavy (non-hydrogen) atoms. The van der Waals surface area contributed by atoms with Gasteiger partial charge in [0.25, 0.3) is 5.82 Å². The summed E-state index contributed by atoms with van der Waals surface area (Å²) in [5, 5.41) is 3.99. The molecule has 0 fully saturated rings. The lowest BCUT2D eigenvalue weighted by Gasteiger charge is -2.06. The number of nitrogens with zero attached hydrogens (tertiary/aromatic N) is 4. The molecule has 0 bridgehead atoms. The normalized spacial score (nSPS) is 10.7. The fraction of sp³-hybridized carbons (Fsp3) is 0.667. The highest BCUT2D eigenvalue weighted by molar-refractivity contribution is 5.84. The van der Waals surface area contributed by atoms with Gasteiger partial charge in [0.1, 0.15) is 5.82 Å². The highest BCUT2D eigenvalue weighted by atomic mass is 16.5. The van der Waals surface area contributed by atoms with E-state index in [1.54, 1.807) is 18.7 Å². The van der Waals surface area contributed by atoms with Crippen molar-refractivity contribution in [3.63, 3.8) is 0 Å². The van der Waals surface area contributed by atoms with Gasteiger partial charge in [0.05, 0.1) is 13.2 Å². The molecule has 1 aromatic rings. The molecule has 1 rings (SSSR count). The van der Waals surface area contributed by atoms with Gasteiger partial charge in [-0.25, -0.2) is 9.78 Å². The van der Waals surface area contributed by atoms with Crippen molar-refractivity contribution in [3.8, 4) is 0 Å². The van der Waals surface area contributed by atoms with Gasteiger partial charge in [0.2, 0.25) is 0 Å². The van der Waals surface area contributed by atoms with Crippen molar-refractivity contribution in [2.45, 2.75) is 13.5 Å². The van der Waals surface area contributed by atoms with E-state index in [0.29, 0.717) is 13.2 Å². The van der Waals surface area contributed by atoms with Crippen LogP contribution in [0.25, 0.3) is 0 Å². The number of ether oxygens (including phenoxy) is 1. The van der Waals surface area contributed by atoms with Crippen molar-refractivity contribution >= 4 is 5.97 Å². The van der Waals surface area contributed by atoms with Gasteiger partial charge in [0.15, 0.2) is 0 Å². The molecule has 6 heteroatoms. The molecule has 0 saturated heterocycles. The summed E-state index contributed by atoms with van der Waals surface area (Å²) < 4.78 is 6.40. The van der Waals surface area contributed by atoms with Crippen LogP contribution >= 0.6 is 0 Å². The third-order valence-electron chi connectivity index (χ3n) is 1.77. The predicted octanol–water partition coefficient (Wildman–Crippen LogP) is 0.0534. The number of hydrogen-bond donors (Lipinski definition) is 0. The van der Waals surface area contributed by atoms with Crippen molar-refractivity contribution in [2.24, 2.45) is 7.05 Å². The maximum Gasteiger partial charge on any atom is 0.378 e. The fourth-order valence-electron chi connectivity index (χ4n) is 1.12. The zero-order valence-corrected chi connectivity index (χ0v) is 9.52. The molecule has 0 aliphatic carbocycles. The van der Waals surface area contributed by atoms with Crippen LogP contribution in [-0.2, 0) is 18.3 Å². The van der Waals surface area contributed by atoms with Gasteiger partial charge < -0.3 is 9.64 Å². The lowest BCUT2D eigenvalue weighted by Crippen LogP contribution is -2.14. The Labute approximate surface area is 88.8 Å². The molecular weight excluding hydrogens is 196 g/mol. The van der Waals surface area contributed by atoms with E-state index in [1.165, 1.54) is 0 Å². The maximum absolute atomic E-state index is 11.3. The number of esters is 1. The van der Waals surface area contributed by atoms with E-state index in [1.807, 2.05) is 19.0 Å². The van der Waals surface area contributed by atoms with E-state index in [4.69, 9.17) is 4.74 Å². The van der Waals surface area contributed by atoms with Crippen LogP contribution in [0.4, 0.5) is 0 Å². The molecule has 0 radical (unpaired) electrons. The average molecular weight is 212 g/mol. The SMILES string of the molecule is CCOC(=O)c1nc(CN(C)C)n(C)n1. The second-order valence-corrected chi connectivity index (χ2v) is 3.43. The Morgan fingerprint density at radius 1 is 1.53 bits per heavy atom. The molecule has 0 aliphatic rings. The summed E-state index contributed by atoms with van der Waals surface area (Å²) in [5.74, 6) is 0.386. The minimum atomic E-state index is -0.474. The lowest BCUT2D eigenvalue weighted by molar-refractivity contribution is 0.0511. The number of rotatable bonds is 4. The maximum atomic E-state index is 11.3. The standard InChI is InChI=1S/C9H16N4O2/c1-5-15-9(14)8-10-7(6-12(2)3)13(4)11-8/h5-6H2,1-4H3. The summed E-state index contributed by atoms with van der Waals surface area (Å²) in [5.41, 5.74) is 0. The highest BCUT2D eigenvalue weighted by Crippen LogP contribution is 2.01. The predicted molar refractivity (Wildman–Crippen MR) is 54.4 cm³/mol. The largest absolute Gasteiger partial charge is 0.460 e. The Balaban J connectivity index is 2.80. The molecule has 0 spiro atoms. The van der Waals surface area contributed by atoms with Crippen LogP contribution in [0, 0.1) is 0 Å². The first-order valence-electron chi connectivity index (χ1n) is 4.76. The Morgan fingerprint density at radius 2 is 2.20 bits per heavy atom. The molecule has 1 aromatic heterocycles. The first kappa shape index (κ1) is 11.6. The minimum Gasteiger partial charge on any atom is -0.460 e. The molecule has 84 valence electrons. The van der Waals surface area contributed by atoms with Crippen LogP contribution in [0.15, 0.2) is 0 Å². The number of aryl methyl sites for hydroxylation is 1. The zero-order valence-electron chi connectivity index (χ0n) is 9.52. The van der Waals surface area contributed by atoms with Crippen LogP contribution in [0.1, 0.15) is 23.4 Å². The lowest BCUT2D eigenvalue weighted by atomic mass is 10.5. The van der Waals surface area contributed by atoms with E-state index >= 15 is 0 Å². The van der Waals surface area contributed by atoms with Crippen molar-refractivity contribution in [1.82, 2.24) is 19.7 Å². The molecule has 0 N–H and O–H groups in total. The van der Waals surface area contributed by atoms with Gasteiger partial charge >= 0.3 is 5.97 Å². The molecule has 0 aromatic carbocycles. The summed E-state index contributed by atoms with van der Waals surface area (Å²) in [6, 6.07) is 0. The van der Waals surface area contributed by atoms with Gasteiger partial charge in [-0.2, -0.15) is 0 Å². The molecule has 0 saturated carbocycles. The number of aromatic nitrogens is 3. The van der Waals surface area contributed by atoms with Gasteiger partial charge in [-0.1, -0.05) is 0 Å². The molecule has 0 amide bonds. The second-order valence-electron chi connectivity index (χ2n) is 3.43. The molecule has 0 atom stereocenters. The van der Waals surface area contributed by atoms with Crippen molar-refractivity contribution in [3.05, 3.63) is 11.6 Å². The third-order valence-corrected chi connectivity index (χ3v) is 1.77. The molecule has 6 nitrogen and oxygen atoms in total. The van der Waals surface area contributed by atoms with E-state index in [0.717, 1.165) is 5.82 Å². The van der Waals surface area contributed by atoms with Gasteiger partial charge in [0, 0.05) is 7.05 Å². The average Bonchev–Trinajstić information content (AvgIpc) is 2.47. The summed E-state index contributed by atoms with van der Waals surface area (Å²) in [6.07, 6.45) is 0. The smallest absolute Gasteiger partial charge is 0.378 e. The van der Waals surface area contributed by atoms with Crippen molar-refractivity contribution in [1.29, 1.82) is 0 Å². The Hall–Kier alpha value is -1.43. The summed E-state index contributed by atoms with van der Waals surface area (Å²) in [7, 11) is 5.62. The van der Waals surface area contributed by atoms with E-state index in [-0.39, 0.29) is 5.82 Å². The minimum absolute atomic E-state index is 0.121. The number of carbonyl (C=O) groups is 1. The second kappa shape index (κ2) is 4.88. The van der Waals surface area contributed by atoms with Crippen LogP contribution in [0.5, 0.6) is 0 Å². The van der Waals surface area contributed by atoms with Gasteiger partial charge in [-0.15, -0.1) is 5.10 Å². The Kier molecular flexibility index (Phi) is 3.79. The Bertz CT molecular complexity index is 346. The molecule has 1 heterocycles. The topological polar surface area (TPSA) is 60.2 Å². The quantitative estimate of drug-likeness (QED) is 0.660. The van der Waals surface area contributed by atoms with E-state index in [2.05, 4.69) is 10.1 Å². The third kappa shape index (κ3) is 3.02. The van der Waals surface area contributed by atoms with E-state index < -0.39 is 5.97 Å². The monoisotopic (exact) mass is 212 g/mol. The summed E-state index contributed by atoms with van der Waals surface area (Å²) in [6.45, 7) is 2.73.